The van der Waals surface area contributed by atoms with Crippen molar-refractivity contribution in [3.8, 4) is 0 Å². The Hall–Kier alpha value is -0.823. The van der Waals surface area contributed by atoms with Gasteiger partial charge in [-0.05, 0) is 23.1 Å². The summed E-state index contributed by atoms with van der Waals surface area (Å²) in [5.41, 5.74) is 1.40. The molecule has 0 aliphatic rings. The van der Waals surface area contributed by atoms with Gasteiger partial charge < -0.3 is 0 Å². The van der Waals surface area contributed by atoms with Crippen LogP contribution >= 0.6 is 0 Å². The smallest absolute Gasteiger partial charge is 0.0565 e. The Morgan fingerprint density at radius 1 is 1.00 bits per heavy atom. The maximum atomic E-state index is 2.49. The first kappa shape index (κ1) is 14.2. The zero-order chi connectivity index (χ0) is 12.9. The van der Waals surface area contributed by atoms with Crippen LogP contribution in [0.25, 0.3) is 0 Å². The molecule has 0 aromatic heterocycles. The second-order valence-corrected chi connectivity index (χ2v) is 12.2. The van der Waals surface area contributed by atoms with Gasteiger partial charge in [-0.15, -0.1) is 0 Å². The minimum absolute atomic E-state index is 0.490. The van der Waals surface area contributed by atoms with Gasteiger partial charge in [0.1, 0.15) is 0 Å². The summed E-state index contributed by atoms with van der Waals surface area (Å²) in [5, 5.41) is 0.490. The highest BCUT2D eigenvalue weighted by Gasteiger charge is 2.33. The number of hydrogen-bond acceptors (Lipinski definition) is 0. The lowest BCUT2D eigenvalue weighted by Gasteiger charge is -2.36. The van der Waals surface area contributed by atoms with Gasteiger partial charge in [0, 0.05) is 0 Å². The summed E-state index contributed by atoms with van der Waals surface area (Å²) in [6.45, 7) is 12.1. The average molecular weight is 246 g/mol. The molecule has 0 unspecified atom stereocenters. The largest absolute Gasteiger partial charge is 0.0908 e. The maximum Gasteiger partial charge on any atom is 0.0565 e. The quantitative estimate of drug-likeness (QED) is 0.500. The van der Waals surface area contributed by atoms with Crippen LogP contribution in [0.1, 0.15) is 26.3 Å². The van der Waals surface area contributed by atoms with Crippen molar-refractivity contribution in [1.82, 2.24) is 0 Å². The topological polar surface area (TPSA) is 0 Å². The fourth-order valence-corrected chi connectivity index (χ4v) is 2.89. The third-order valence-electron chi connectivity index (χ3n) is 4.02. The van der Waals surface area contributed by atoms with Crippen LogP contribution in [0.4, 0.5) is 0 Å². The van der Waals surface area contributed by atoms with E-state index >= 15 is 0 Å². The summed E-state index contributed by atoms with van der Waals surface area (Å²) >= 11 is 0. The molecule has 17 heavy (non-hydrogen) atoms. The summed E-state index contributed by atoms with van der Waals surface area (Å²) in [6.07, 6.45) is 5.79. The normalized spacial score (nSPS) is 13.2. The summed E-state index contributed by atoms with van der Waals surface area (Å²) in [6, 6.07) is 12.0. The molecule has 1 heteroatoms. The van der Waals surface area contributed by atoms with Gasteiger partial charge in [0.15, 0.2) is 0 Å². The Morgan fingerprint density at radius 2 is 1.59 bits per heavy atom. The predicted molar refractivity (Wildman–Crippen MR) is 81.3 cm³/mol. The molecule has 0 amide bonds. The zero-order valence-electron chi connectivity index (χ0n) is 12.0. The SMILES string of the molecule is CC(C)(C)[Si](C)(C)CC=CCc1ccccc1. The van der Waals surface area contributed by atoms with Crippen molar-refractivity contribution >= 4 is 8.07 Å². The molecule has 0 spiro atoms. The van der Waals surface area contributed by atoms with Gasteiger partial charge in [-0.1, -0.05) is 76.3 Å². The van der Waals surface area contributed by atoms with Crippen LogP contribution in [0.5, 0.6) is 0 Å². The lowest BCUT2D eigenvalue weighted by atomic mass is 10.1. The molecule has 0 nitrogen and oxygen atoms in total. The monoisotopic (exact) mass is 246 g/mol. The number of allylic oxidation sites excluding steroid dienone is 2. The standard InChI is InChI=1S/C16H26Si/c1-16(2,3)17(4,5)14-10-9-13-15-11-7-6-8-12-15/h6-12H,13-14H2,1-5H3. The average Bonchev–Trinajstić information content (AvgIpc) is 2.24. The highest BCUT2D eigenvalue weighted by molar-refractivity contribution is 6.80. The highest BCUT2D eigenvalue weighted by atomic mass is 28.3. The summed E-state index contributed by atoms with van der Waals surface area (Å²) in [5.74, 6) is 0. The molecule has 0 fully saturated rings. The predicted octanol–water partition coefficient (Wildman–Crippen LogP) is 5.29. The van der Waals surface area contributed by atoms with E-state index in [2.05, 4.69) is 76.3 Å². The van der Waals surface area contributed by atoms with Gasteiger partial charge in [0.2, 0.25) is 0 Å². The maximum absolute atomic E-state index is 2.49. The Kier molecular flexibility index (Phi) is 4.76. The zero-order valence-corrected chi connectivity index (χ0v) is 13.0. The van der Waals surface area contributed by atoms with Crippen molar-refractivity contribution in [2.24, 2.45) is 0 Å². The number of hydrogen-bond donors (Lipinski definition) is 0. The number of rotatable bonds is 4. The third kappa shape index (κ3) is 4.51. The minimum atomic E-state index is -1.13. The third-order valence-corrected chi connectivity index (χ3v) is 9.34. The fraction of sp³-hybridized carbons (Fsp3) is 0.500. The molecule has 0 atom stereocenters. The van der Waals surface area contributed by atoms with E-state index in [1.165, 1.54) is 11.6 Å². The number of benzene rings is 1. The van der Waals surface area contributed by atoms with Gasteiger partial charge in [-0.25, -0.2) is 0 Å². The van der Waals surface area contributed by atoms with E-state index in [1.54, 1.807) is 0 Å². The Labute approximate surface area is 108 Å². The van der Waals surface area contributed by atoms with E-state index in [4.69, 9.17) is 0 Å². The van der Waals surface area contributed by atoms with Crippen LogP contribution in [-0.4, -0.2) is 8.07 Å². The molecular formula is C16H26Si. The Morgan fingerprint density at radius 3 is 2.12 bits per heavy atom. The molecule has 0 aliphatic carbocycles. The molecule has 1 rings (SSSR count). The molecule has 0 saturated heterocycles. The van der Waals surface area contributed by atoms with Crippen LogP contribution in [0.2, 0.25) is 24.2 Å². The summed E-state index contributed by atoms with van der Waals surface area (Å²) in [7, 11) is -1.13. The first-order chi connectivity index (χ1) is 7.83. The Balaban J connectivity index is 2.47. The molecule has 0 N–H and O–H groups in total. The lowest BCUT2D eigenvalue weighted by Crippen LogP contribution is -2.36. The van der Waals surface area contributed by atoms with Crippen molar-refractivity contribution in [1.29, 1.82) is 0 Å². The van der Waals surface area contributed by atoms with Gasteiger partial charge >= 0.3 is 0 Å². The van der Waals surface area contributed by atoms with E-state index in [1.807, 2.05) is 0 Å². The van der Waals surface area contributed by atoms with Crippen molar-refractivity contribution in [2.45, 2.75) is 51.4 Å². The summed E-state index contributed by atoms with van der Waals surface area (Å²) in [4.78, 5) is 0. The van der Waals surface area contributed by atoms with Crippen molar-refractivity contribution in [3.63, 3.8) is 0 Å². The van der Waals surface area contributed by atoms with E-state index in [-0.39, 0.29) is 0 Å². The van der Waals surface area contributed by atoms with E-state index in [0.717, 1.165) is 6.42 Å². The van der Waals surface area contributed by atoms with Crippen LogP contribution in [0, 0.1) is 0 Å². The van der Waals surface area contributed by atoms with Gasteiger partial charge in [0.25, 0.3) is 0 Å². The molecule has 0 bridgehead atoms. The van der Waals surface area contributed by atoms with Crippen molar-refractivity contribution < 1.29 is 0 Å². The Bertz CT molecular complexity index is 355. The second-order valence-electron chi connectivity index (χ2n) is 6.50. The van der Waals surface area contributed by atoms with Crippen LogP contribution in [-0.2, 0) is 6.42 Å². The van der Waals surface area contributed by atoms with Crippen LogP contribution in [0.3, 0.4) is 0 Å². The van der Waals surface area contributed by atoms with Gasteiger partial charge in [0.05, 0.1) is 8.07 Å². The fourth-order valence-electron chi connectivity index (χ4n) is 1.52. The summed E-state index contributed by atoms with van der Waals surface area (Å²) < 4.78 is 0. The highest BCUT2D eigenvalue weighted by Crippen LogP contribution is 2.38. The minimum Gasteiger partial charge on any atom is -0.0908 e. The molecule has 0 heterocycles. The van der Waals surface area contributed by atoms with E-state index < -0.39 is 8.07 Å². The lowest BCUT2D eigenvalue weighted by molar-refractivity contribution is 0.719. The van der Waals surface area contributed by atoms with E-state index in [0.29, 0.717) is 5.04 Å². The second kappa shape index (κ2) is 5.68. The van der Waals surface area contributed by atoms with Gasteiger partial charge in [-0.2, -0.15) is 0 Å². The molecular weight excluding hydrogens is 220 g/mol. The van der Waals surface area contributed by atoms with Gasteiger partial charge in [-0.3, -0.25) is 0 Å². The molecule has 94 valence electrons. The molecule has 1 aromatic carbocycles. The first-order valence-electron chi connectivity index (χ1n) is 6.52. The molecule has 0 aliphatic heterocycles. The van der Waals surface area contributed by atoms with Crippen molar-refractivity contribution in [3.05, 3.63) is 48.0 Å². The molecule has 1 aromatic rings. The van der Waals surface area contributed by atoms with Crippen LogP contribution in [0.15, 0.2) is 42.5 Å². The van der Waals surface area contributed by atoms with E-state index in [9.17, 15) is 0 Å². The molecule has 0 saturated carbocycles. The van der Waals surface area contributed by atoms with Crippen molar-refractivity contribution in [2.75, 3.05) is 0 Å². The van der Waals surface area contributed by atoms with Crippen LogP contribution < -0.4 is 0 Å². The first-order valence-corrected chi connectivity index (χ1v) is 9.72. The molecule has 0 radical (unpaired) electrons.